The molecule has 1 rings (SSSR count). The summed E-state index contributed by atoms with van der Waals surface area (Å²) < 4.78 is 1.53. The van der Waals surface area contributed by atoms with Crippen LogP contribution < -0.4 is 0 Å². The van der Waals surface area contributed by atoms with Crippen LogP contribution in [0.15, 0.2) is 0 Å². The maximum atomic E-state index is 10.3. The van der Waals surface area contributed by atoms with E-state index in [1.165, 1.54) is 4.68 Å². The summed E-state index contributed by atoms with van der Waals surface area (Å²) in [5.41, 5.74) is 0. The van der Waals surface area contributed by atoms with Crippen LogP contribution in [0.1, 0.15) is 25.7 Å². The van der Waals surface area contributed by atoms with Gasteiger partial charge in [-0.25, -0.2) is 0 Å². The zero-order chi connectivity index (χ0) is 9.30. The molecule has 0 unspecified atom stereocenters. The maximum absolute atomic E-state index is 10.3. The van der Waals surface area contributed by atoms with Gasteiger partial charge in [-0.1, -0.05) is 0 Å². The molecule has 0 radical (unpaired) electrons. The lowest BCUT2D eigenvalue weighted by molar-refractivity contribution is -0.394. The van der Waals surface area contributed by atoms with Gasteiger partial charge in [-0.15, -0.1) is 0 Å². The highest BCUT2D eigenvalue weighted by Crippen LogP contribution is 2.10. The normalized spacial score (nSPS) is 10.7. The molecule has 0 atom stereocenters. The van der Waals surface area contributed by atoms with Crippen molar-refractivity contribution in [1.29, 1.82) is 0 Å². The monoisotopic (exact) mass is 170 g/mol. The molecule has 0 aliphatic carbocycles. The van der Waals surface area contributed by atoms with E-state index in [-0.39, 0.29) is 12.0 Å². The van der Waals surface area contributed by atoms with Crippen molar-refractivity contribution < 1.29 is 4.92 Å². The summed E-state index contributed by atoms with van der Waals surface area (Å²) in [7, 11) is 0. The molecule has 0 amide bonds. The van der Waals surface area contributed by atoms with Gasteiger partial charge in [0.05, 0.1) is 6.04 Å². The minimum absolute atomic E-state index is 0.103. The van der Waals surface area contributed by atoms with E-state index in [0.29, 0.717) is 5.82 Å². The summed E-state index contributed by atoms with van der Waals surface area (Å²) in [6.07, 6.45) is 0. The van der Waals surface area contributed by atoms with Crippen LogP contribution in [0, 0.1) is 17.0 Å². The standard InChI is InChI=1S/C6H10N4O2/c1-4(2)9-5(3)7-6(8-9)10(11)12/h4H,1-3H3. The molecule has 0 saturated carbocycles. The molecule has 0 N–H and O–H groups in total. The number of rotatable bonds is 2. The zero-order valence-electron chi connectivity index (χ0n) is 7.18. The van der Waals surface area contributed by atoms with Crippen molar-refractivity contribution in [3.63, 3.8) is 0 Å². The molecule has 0 fully saturated rings. The predicted molar refractivity (Wildman–Crippen MR) is 41.8 cm³/mol. The average molecular weight is 170 g/mol. The van der Waals surface area contributed by atoms with Crippen molar-refractivity contribution in [3.05, 3.63) is 15.9 Å². The molecule has 0 aliphatic rings. The first-order valence-electron chi connectivity index (χ1n) is 3.60. The van der Waals surface area contributed by atoms with E-state index in [0.717, 1.165) is 0 Å². The maximum Gasteiger partial charge on any atom is 0.491 e. The zero-order valence-corrected chi connectivity index (χ0v) is 7.18. The predicted octanol–water partition coefficient (Wildman–Crippen LogP) is 1.08. The molecule has 1 heterocycles. The highest BCUT2D eigenvalue weighted by atomic mass is 16.6. The third-order valence-electron chi connectivity index (χ3n) is 1.44. The molecule has 0 bridgehead atoms. The van der Waals surface area contributed by atoms with Gasteiger partial charge in [0.1, 0.15) is 0 Å². The second-order valence-electron chi connectivity index (χ2n) is 2.75. The number of hydrogen-bond donors (Lipinski definition) is 0. The third kappa shape index (κ3) is 1.41. The van der Waals surface area contributed by atoms with Gasteiger partial charge in [0.2, 0.25) is 5.82 Å². The first kappa shape index (κ1) is 8.63. The van der Waals surface area contributed by atoms with Crippen molar-refractivity contribution in [2.24, 2.45) is 0 Å². The largest absolute Gasteiger partial charge is 0.491 e. The number of aryl methyl sites for hydroxylation is 1. The van der Waals surface area contributed by atoms with Crippen LogP contribution in [0.5, 0.6) is 0 Å². The molecule has 1 aromatic rings. The highest BCUT2D eigenvalue weighted by molar-refractivity contribution is 5.03. The number of nitro groups is 1. The number of aromatic nitrogens is 3. The average Bonchev–Trinajstić information content (AvgIpc) is 2.30. The summed E-state index contributed by atoms with van der Waals surface area (Å²) >= 11 is 0. The first-order chi connectivity index (χ1) is 5.52. The van der Waals surface area contributed by atoms with Crippen molar-refractivity contribution in [1.82, 2.24) is 14.8 Å². The molecular formula is C6H10N4O2. The molecule has 0 aromatic carbocycles. The molecule has 12 heavy (non-hydrogen) atoms. The Bertz CT molecular complexity index is 304. The third-order valence-corrected chi connectivity index (χ3v) is 1.44. The van der Waals surface area contributed by atoms with E-state index >= 15 is 0 Å². The van der Waals surface area contributed by atoms with Gasteiger partial charge in [0.15, 0.2) is 0 Å². The lowest BCUT2D eigenvalue weighted by Gasteiger charge is -1.99. The van der Waals surface area contributed by atoms with E-state index in [4.69, 9.17) is 0 Å². The summed E-state index contributed by atoms with van der Waals surface area (Å²) in [5.74, 6) is 0.234. The molecule has 0 aliphatic heterocycles. The van der Waals surface area contributed by atoms with Gasteiger partial charge in [-0.2, -0.15) is 4.68 Å². The second-order valence-corrected chi connectivity index (χ2v) is 2.75. The molecule has 0 spiro atoms. The van der Waals surface area contributed by atoms with Crippen molar-refractivity contribution >= 4 is 5.95 Å². The van der Waals surface area contributed by atoms with E-state index in [1.54, 1.807) is 6.92 Å². The Balaban J connectivity index is 3.09. The lowest BCUT2D eigenvalue weighted by atomic mass is 10.4. The van der Waals surface area contributed by atoms with E-state index in [2.05, 4.69) is 10.1 Å². The van der Waals surface area contributed by atoms with Crippen LogP contribution >= 0.6 is 0 Å². The Morgan fingerprint density at radius 3 is 2.42 bits per heavy atom. The topological polar surface area (TPSA) is 73.8 Å². The Morgan fingerprint density at radius 1 is 1.58 bits per heavy atom. The van der Waals surface area contributed by atoms with Gasteiger partial charge in [0.25, 0.3) is 0 Å². The summed E-state index contributed by atoms with van der Waals surface area (Å²) in [5, 5.41) is 14.0. The minimum atomic E-state index is -0.591. The van der Waals surface area contributed by atoms with Crippen molar-refractivity contribution in [3.8, 4) is 0 Å². The fourth-order valence-electron chi connectivity index (χ4n) is 0.954. The van der Waals surface area contributed by atoms with Crippen LogP contribution in [0.25, 0.3) is 0 Å². The van der Waals surface area contributed by atoms with Gasteiger partial charge in [-0.3, -0.25) is 0 Å². The molecule has 66 valence electrons. The van der Waals surface area contributed by atoms with Crippen molar-refractivity contribution in [2.75, 3.05) is 0 Å². The van der Waals surface area contributed by atoms with E-state index in [9.17, 15) is 10.1 Å². The van der Waals surface area contributed by atoms with E-state index in [1.807, 2.05) is 13.8 Å². The molecule has 6 nitrogen and oxygen atoms in total. The summed E-state index contributed by atoms with van der Waals surface area (Å²) in [6.45, 7) is 5.48. The Hall–Kier alpha value is -1.46. The van der Waals surface area contributed by atoms with Crippen molar-refractivity contribution in [2.45, 2.75) is 26.8 Å². The van der Waals surface area contributed by atoms with Gasteiger partial charge in [0, 0.05) is 12.0 Å². The lowest BCUT2D eigenvalue weighted by Crippen LogP contribution is -2.05. The quantitative estimate of drug-likeness (QED) is 0.491. The molecule has 6 heteroatoms. The number of hydrogen-bond acceptors (Lipinski definition) is 4. The van der Waals surface area contributed by atoms with Crippen LogP contribution in [-0.4, -0.2) is 19.7 Å². The fraction of sp³-hybridized carbons (Fsp3) is 0.667. The molecule has 0 saturated heterocycles. The fourth-order valence-corrected chi connectivity index (χ4v) is 0.954. The molecular weight excluding hydrogens is 160 g/mol. The summed E-state index contributed by atoms with van der Waals surface area (Å²) in [6, 6.07) is 0.103. The Morgan fingerprint density at radius 2 is 2.17 bits per heavy atom. The van der Waals surface area contributed by atoms with Crippen LogP contribution in [-0.2, 0) is 0 Å². The first-order valence-corrected chi connectivity index (χ1v) is 3.60. The van der Waals surface area contributed by atoms with Crippen LogP contribution in [0.4, 0.5) is 5.95 Å². The molecule has 1 aromatic heterocycles. The number of nitrogens with zero attached hydrogens (tertiary/aromatic N) is 4. The highest BCUT2D eigenvalue weighted by Gasteiger charge is 2.19. The van der Waals surface area contributed by atoms with E-state index < -0.39 is 4.92 Å². The van der Waals surface area contributed by atoms with Gasteiger partial charge >= 0.3 is 5.95 Å². The summed E-state index contributed by atoms with van der Waals surface area (Å²) in [4.78, 5) is 13.3. The second kappa shape index (κ2) is 2.88. The Kier molecular flexibility index (Phi) is 2.07. The SMILES string of the molecule is Cc1nc([N+](=O)[O-])nn1C(C)C. The Labute approximate surface area is 69.4 Å². The van der Waals surface area contributed by atoms with Crippen LogP contribution in [0.2, 0.25) is 0 Å². The van der Waals surface area contributed by atoms with Gasteiger partial charge in [-0.05, 0) is 23.8 Å². The smallest absolute Gasteiger partial charge is 0.390 e. The minimum Gasteiger partial charge on any atom is -0.390 e. The van der Waals surface area contributed by atoms with Gasteiger partial charge < -0.3 is 10.1 Å². The van der Waals surface area contributed by atoms with Crippen LogP contribution in [0.3, 0.4) is 0 Å².